The Kier molecular flexibility index (Phi) is 9.80. The number of carbonyl (C=O) groups excluding carboxylic acids is 2. The lowest BCUT2D eigenvalue weighted by atomic mass is 10.0. The Labute approximate surface area is 248 Å². The van der Waals surface area contributed by atoms with Crippen LogP contribution in [0.15, 0.2) is 108 Å². The molecule has 42 heavy (non-hydrogen) atoms. The number of aryl methyl sites for hydroxylation is 3. The Morgan fingerprint density at radius 1 is 0.786 bits per heavy atom. The molecule has 0 heterocycles. The van der Waals surface area contributed by atoms with Gasteiger partial charge in [-0.1, -0.05) is 84.9 Å². The van der Waals surface area contributed by atoms with Crippen molar-refractivity contribution < 1.29 is 18.0 Å². The first-order valence-corrected chi connectivity index (χ1v) is 15.3. The first-order chi connectivity index (χ1) is 20.1. The lowest BCUT2D eigenvalue weighted by molar-refractivity contribution is -0.139. The molecule has 0 fully saturated rings. The Morgan fingerprint density at radius 2 is 1.40 bits per heavy atom. The fourth-order valence-electron chi connectivity index (χ4n) is 4.91. The maximum atomic E-state index is 14.4. The van der Waals surface area contributed by atoms with Gasteiger partial charge in [-0.3, -0.25) is 13.9 Å². The minimum atomic E-state index is -4.13. The van der Waals surface area contributed by atoms with Gasteiger partial charge in [0.1, 0.15) is 12.6 Å². The van der Waals surface area contributed by atoms with Crippen molar-refractivity contribution in [2.24, 2.45) is 0 Å². The second-order valence-corrected chi connectivity index (χ2v) is 12.2. The molecule has 0 radical (unpaired) electrons. The molecular weight excluding hydrogens is 546 g/mol. The van der Waals surface area contributed by atoms with Gasteiger partial charge in [-0.2, -0.15) is 0 Å². The van der Waals surface area contributed by atoms with Crippen molar-refractivity contribution in [2.75, 3.05) is 17.9 Å². The monoisotopic (exact) mass is 583 g/mol. The zero-order chi connectivity index (χ0) is 30.3. The second kappa shape index (κ2) is 13.5. The molecule has 0 aliphatic carbocycles. The third-order valence-corrected chi connectivity index (χ3v) is 9.14. The van der Waals surface area contributed by atoms with Crippen molar-refractivity contribution in [1.82, 2.24) is 10.2 Å². The van der Waals surface area contributed by atoms with Gasteiger partial charge in [0.2, 0.25) is 11.8 Å². The highest BCUT2D eigenvalue weighted by atomic mass is 32.2. The van der Waals surface area contributed by atoms with E-state index in [0.717, 1.165) is 22.3 Å². The molecule has 1 atom stereocenters. The fourth-order valence-corrected chi connectivity index (χ4v) is 6.40. The highest BCUT2D eigenvalue weighted by Gasteiger charge is 2.35. The van der Waals surface area contributed by atoms with Crippen molar-refractivity contribution in [3.63, 3.8) is 0 Å². The molecule has 0 spiro atoms. The smallest absolute Gasteiger partial charge is 0.264 e. The van der Waals surface area contributed by atoms with E-state index >= 15 is 0 Å². The first kappa shape index (κ1) is 30.5. The summed E-state index contributed by atoms with van der Waals surface area (Å²) in [5.41, 5.74) is 4.72. The maximum absolute atomic E-state index is 14.4. The lowest BCUT2D eigenvalue weighted by Gasteiger charge is -2.34. The number of hydrogen-bond acceptors (Lipinski definition) is 4. The molecule has 8 heteroatoms. The van der Waals surface area contributed by atoms with Crippen LogP contribution in [0.25, 0.3) is 0 Å². The molecule has 7 nitrogen and oxygen atoms in total. The summed E-state index contributed by atoms with van der Waals surface area (Å²) in [7, 11) is -2.59. The molecule has 0 saturated carbocycles. The summed E-state index contributed by atoms with van der Waals surface area (Å²) in [5, 5.41) is 2.71. The summed E-state index contributed by atoms with van der Waals surface area (Å²) in [6.45, 7) is 5.31. The lowest BCUT2D eigenvalue weighted by Crippen LogP contribution is -2.53. The predicted molar refractivity (Wildman–Crippen MR) is 167 cm³/mol. The molecular formula is C34H37N3O4S. The van der Waals surface area contributed by atoms with Crippen LogP contribution in [-0.4, -0.2) is 44.8 Å². The molecule has 0 unspecified atom stereocenters. The summed E-state index contributed by atoms with van der Waals surface area (Å²) < 4.78 is 29.4. The van der Waals surface area contributed by atoms with E-state index in [1.165, 1.54) is 21.3 Å². The largest absolute Gasteiger partial charge is 0.357 e. The molecule has 0 aromatic heterocycles. The standard InChI is InChI=1S/C34H37N3O4S/c1-25-19-20-27(3)31(21-25)37(42(40,41)30-17-9-6-10-18-30)24-33(38)36(23-29-16-12-11-13-26(29)2)32(34(39)35-4)22-28-14-7-5-8-15-28/h5-21,32H,22-24H2,1-4H3,(H,35,39)/t32-/m1/s1. The van der Waals surface area contributed by atoms with Gasteiger partial charge < -0.3 is 10.2 Å². The third kappa shape index (κ3) is 7.06. The molecule has 4 aromatic rings. The highest BCUT2D eigenvalue weighted by Crippen LogP contribution is 2.29. The summed E-state index contributed by atoms with van der Waals surface area (Å²) in [6, 6.07) is 29.9. The molecule has 4 aromatic carbocycles. The highest BCUT2D eigenvalue weighted by molar-refractivity contribution is 7.92. The van der Waals surface area contributed by atoms with Gasteiger partial charge in [-0.25, -0.2) is 8.42 Å². The van der Waals surface area contributed by atoms with E-state index in [9.17, 15) is 18.0 Å². The van der Waals surface area contributed by atoms with Crippen LogP contribution in [0.2, 0.25) is 0 Å². The van der Waals surface area contributed by atoms with E-state index in [0.29, 0.717) is 11.3 Å². The molecule has 0 aliphatic heterocycles. The number of likely N-dealkylation sites (N-methyl/N-ethyl adjacent to an activating group) is 1. The second-order valence-electron chi connectivity index (χ2n) is 10.4. The minimum Gasteiger partial charge on any atom is -0.357 e. The number of nitrogens with one attached hydrogen (secondary N) is 1. The van der Waals surface area contributed by atoms with Gasteiger partial charge in [0, 0.05) is 20.0 Å². The first-order valence-electron chi connectivity index (χ1n) is 13.9. The zero-order valence-corrected chi connectivity index (χ0v) is 25.3. The normalized spacial score (nSPS) is 11.9. The number of hydrogen-bond donors (Lipinski definition) is 1. The molecule has 2 amide bonds. The van der Waals surface area contributed by atoms with Crippen LogP contribution in [0.4, 0.5) is 5.69 Å². The molecule has 218 valence electrons. The van der Waals surface area contributed by atoms with E-state index in [4.69, 9.17) is 0 Å². The summed E-state index contributed by atoms with van der Waals surface area (Å²) >= 11 is 0. The summed E-state index contributed by atoms with van der Waals surface area (Å²) in [5.74, 6) is -0.812. The van der Waals surface area contributed by atoms with Crippen LogP contribution < -0.4 is 9.62 Å². The number of benzene rings is 4. The Hall–Kier alpha value is -4.43. The van der Waals surface area contributed by atoms with Crippen LogP contribution >= 0.6 is 0 Å². The molecule has 0 aliphatic rings. The van der Waals surface area contributed by atoms with Crippen LogP contribution in [0.3, 0.4) is 0 Å². The van der Waals surface area contributed by atoms with Crippen LogP contribution in [0, 0.1) is 20.8 Å². The van der Waals surface area contributed by atoms with Gasteiger partial charge in [-0.15, -0.1) is 0 Å². The van der Waals surface area contributed by atoms with Crippen LogP contribution in [-0.2, 0) is 32.6 Å². The van der Waals surface area contributed by atoms with E-state index in [2.05, 4.69) is 5.32 Å². The third-order valence-electron chi connectivity index (χ3n) is 7.36. The van der Waals surface area contributed by atoms with E-state index < -0.39 is 28.5 Å². The topological polar surface area (TPSA) is 86.8 Å². The van der Waals surface area contributed by atoms with Gasteiger partial charge in [-0.05, 0) is 66.8 Å². The van der Waals surface area contributed by atoms with E-state index in [-0.39, 0.29) is 23.8 Å². The maximum Gasteiger partial charge on any atom is 0.264 e. The van der Waals surface area contributed by atoms with Crippen molar-refractivity contribution in [2.45, 2.75) is 44.7 Å². The Balaban J connectivity index is 1.82. The van der Waals surface area contributed by atoms with Crippen molar-refractivity contribution >= 4 is 27.5 Å². The average molecular weight is 584 g/mol. The van der Waals surface area contributed by atoms with Crippen LogP contribution in [0.5, 0.6) is 0 Å². The van der Waals surface area contributed by atoms with Gasteiger partial charge in [0.25, 0.3) is 10.0 Å². The van der Waals surface area contributed by atoms with Gasteiger partial charge >= 0.3 is 0 Å². The van der Waals surface area contributed by atoms with Crippen molar-refractivity contribution in [3.8, 4) is 0 Å². The average Bonchev–Trinajstić information content (AvgIpc) is 3.00. The predicted octanol–water partition coefficient (Wildman–Crippen LogP) is 5.19. The van der Waals surface area contributed by atoms with Gasteiger partial charge in [0.15, 0.2) is 0 Å². The van der Waals surface area contributed by atoms with E-state index in [1.807, 2.05) is 87.5 Å². The fraction of sp³-hybridized carbons (Fsp3) is 0.235. The Morgan fingerprint density at radius 3 is 2.05 bits per heavy atom. The minimum absolute atomic E-state index is 0.0799. The quantitative estimate of drug-likeness (QED) is 0.263. The summed E-state index contributed by atoms with van der Waals surface area (Å²) in [6.07, 6.45) is 0.271. The number of nitrogens with zero attached hydrogens (tertiary/aromatic N) is 2. The summed E-state index contributed by atoms with van der Waals surface area (Å²) in [4.78, 5) is 29.4. The number of rotatable bonds is 11. The molecule has 0 bridgehead atoms. The number of amides is 2. The zero-order valence-electron chi connectivity index (χ0n) is 24.4. The number of sulfonamides is 1. The van der Waals surface area contributed by atoms with Crippen molar-refractivity contribution in [1.29, 1.82) is 0 Å². The molecule has 0 saturated heterocycles. The van der Waals surface area contributed by atoms with Gasteiger partial charge in [0.05, 0.1) is 10.6 Å². The molecule has 1 N–H and O–H groups in total. The van der Waals surface area contributed by atoms with Crippen LogP contribution in [0.1, 0.15) is 27.8 Å². The van der Waals surface area contributed by atoms with E-state index in [1.54, 1.807) is 31.3 Å². The number of anilines is 1. The molecule has 4 rings (SSSR count). The number of carbonyl (C=O) groups is 2. The SMILES string of the molecule is CNC(=O)[C@@H](Cc1ccccc1)N(Cc1ccccc1C)C(=O)CN(c1cc(C)ccc1C)S(=O)(=O)c1ccccc1. The van der Waals surface area contributed by atoms with Crippen molar-refractivity contribution in [3.05, 3.63) is 131 Å². The Bertz CT molecular complexity index is 1640.